The molecule has 4 N–H and O–H groups in total. The third-order valence-corrected chi connectivity index (χ3v) is 10.5. The zero-order valence-corrected chi connectivity index (χ0v) is 26.6. The predicted molar refractivity (Wildman–Crippen MR) is 171 cm³/mol. The summed E-state index contributed by atoms with van der Waals surface area (Å²) in [6.45, 7) is -0.605. The van der Waals surface area contributed by atoms with Gasteiger partial charge >= 0.3 is 6.09 Å². The molecule has 1 saturated carbocycles. The monoisotopic (exact) mass is 637 g/mol. The lowest BCUT2D eigenvalue weighted by Gasteiger charge is -2.34. The van der Waals surface area contributed by atoms with Crippen LogP contribution in [0.2, 0.25) is 0 Å². The molecule has 1 fully saturated rings. The van der Waals surface area contributed by atoms with Crippen LogP contribution in [0, 0.1) is 5.92 Å². The van der Waals surface area contributed by atoms with Crippen molar-refractivity contribution in [3.8, 4) is 0 Å². The fourth-order valence-corrected chi connectivity index (χ4v) is 7.23. The molecule has 3 aromatic rings. The van der Waals surface area contributed by atoms with Crippen molar-refractivity contribution in [3.63, 3.8) is 0 Å². The van der Waals surface area contributed by atoms with Gasteiger partial charge in [-0.05, 0) is 66.8 Å². The molecule has 0 aliphatic heterocycles. The summed E-state index contributed by atoms with van der Waals surface area (Å²) in [6, 6.07) is 22.6. The van der Waals surface area contributed by atoms with Crippen molar-refractivity contribution in [2.45, 2.75) is 67.6 Å². The van der Waals surface area contributed by atoms with Crippen molar-refractivity contribution in [3.05, 3.63) is 102 Å². The van der Waals surface area contributed by atoms with E-state index in [1.807, 2.05) is 60.7 Å². The van der Waals surface area contributed by atoms with Crippen LogP contribution in [0.15, 0.2) is 89.8 Å². The van der Waals surface area contributed by atoms with Gasteiger partial charge in [0.25, 0.3) is 0 Å². The van der Waals surface area contributed by atoms with Crippen molar-refractivity contribution >= 4 is 22.0 Å². The van der Waals surface area contributed by atoms with Gasteiger partial charge in [0.1, 0.15) is 0 Å². The molecule has 1 aliphatic rings. The number of methoxy groups -OCH3 is 1. The summed E-state index contributed by atoms with van der Waals surface area (Å²) in [4.78, 5) is 28.6. The predicted octanol–water partition coefficient (Wildman–Crippen LogP) is 3.86. The van der Waals surface area contributed by atoms with E-state index in [0.29, 0.717) is 24.8 Å². The fraction of sp³-hybridized carbons (Fsp3) is 0.412. The van der Waals surface area contributed by atoms with E-state index in [0.717, 1.165) is 28.3 Å². The molecule has 0 radical (unpaired) electrons. The number of hydrogen-bond donors (Lipinski definition) is 3. The van der Waals surface area contributed by atoms with Crippen molar-refractivity contribution in [1.29, 1.82) is 0 Å². The smallest absolute Gasteiger partial charge is 0.416 e. The van der Waals surface area contributed by atoms with Crippen LogP contribution in [0.1, 0.15) is 54.7 Å². The lowest BCUT2D eigenvalue weighted by Crippen LogP contribution is -2.54. The Bertz CT molecular complexity index is 1460. The third kappa shape index (κ3) is 8.16. The third-order valence-electron chi connectivity index (χ3n) is 8.61. The summed E-state index contributed by atoms with van der Waals surface area (Å²) in [7, 11) is -1.26. The lowest BCUT2D eigenvalue weighted by molar-refractivity contribution is -0.133. The maximum atomic E-state index is 14.2. The molecule has 10 nitrogen and oxygen atoms in total. The van der Waals surface area contributed by atoms with E-state index >= 15 is 0 Å². The van der Waals surface area contributed by atoms with Crippen molar-refractivity contribution in [2.24, 2.45) is 11.7 Å². The van der Waals surface area contributed by atoms with Gasteiger partial charge < -0.3 is 20.7 Å². The first kappa shape index (κ1) is 34.3. The van der Waals surface area contributed by atoms with Crippen molar-refractivity contribution in [2.75, 3.05) is 20.8 Å². The van der Waals surface area contributed by atoms with E-state index in [9.17, 15) is 28.2 Å². The van der Waals surface area contributed by atoms with Gasteiger partial charge in [-0.2, -0.15) is 4.31 Å². The molecule has 0 spiro atoms. The van der Waals surface area contributed by atoms with E-state index < -0.39 is 52.7 Å². The highest BCUT2D eigenvalue weighted by Crippen LogP contribution is 2.39. The highest BCUT2D eigenvalue weighted by Gasteiger charge is 2.44. The Morgan fingerprint density at radius 3 is 1.93 bits per heavy atom. The molecule has 2 amide bonds. The Balaban J connectivity index is 1.52. The number of aliphatic hydroxyl groups is 2. The Labute approximate surface area is 265 Å². The summed E-state index contributed by atoms with van der Waals surface area (Å²) < 4.78 is 32.8. The van der Waals surface area contributed by atoms with Crippen LogP contribution in [0.25, 0.3) is 0 Å². The highest BCUT2D eigenvalue weighted by atomic mass is 32.2. The number of amides is 2. The summed E-state index contributed by atoms with van der Waals surface area (Å²) in [5.74, 6) is -0.969. The molecule has 4 rings (SSSR count). The molecule has 11 heteroatoms. The van der Waals surface area contributed by atoms with Crippen LogP contribution in [0.5, 0.6) is 0 Å². The van der Waals surface area contributed by atoms with Crippen LogP contribution in [0.4, 0.5) is 4.79 Å². The second-order valence-corrected chi connectivity index (χ2v) is 13.5. The van der Waals surface area contributed by atoms with E-state index in [-0.39, 0.29) is 17.4 Å². The number of rotatable bonds is 15. The maximum absolute atomic E-state index is 14.2. The molecule has 1 aliphatic carbocycles. The summed E-state index contributed by atoms with van der Waals surface area (Å²) in [6.07, 6.45) is 2.03. The largest absolute Gasteiger partial charge is 0.452 e. The summed E-state index contributed by atoms with van der Waals surface area (Å²) >= 11 is 0. The average molecular weight is 638 g/mol. The molecular weight excluding hydrogens is 594 g/mol. The van der Waals surface area contributed by atoms with Crippen LogP contribution >= 0.6 is 0 Å². The Kier molecular flexibility index (Phi) is 11.9. The minimum absolute atomic E-state index is 0.0549. The maximum Gasteiger partial charge on any atom is 0.416 e. The van der Waals surface area contributed by atoms with Gasteiger partial charge in [-0.25, -0.2) is 18.1 Å². The topological polar surface area (TPSA) is 150 Å². The minimum atomic E-state index is -3.91. The zero-order valence-electron chi connectivity index (χ0n) is 25.7. The number of nitrogens with two attached hydrogens (primary N) is 1. The first-order valence-electron chi connectivity index (χ1n) is 15.2. The second kappa shape index (κ2) is 15.6. The quantitative estimate of drug-likeness (QED) is 0.227. The molecule has 3 aromatic carbocycles. The average Bonchev–Trinajstić information content (AvgIpc) is 3.92. The number of hydrogen-bond acceptors (Lipinski definition) is 8. The Hall–Kier alpha value is -3.61. The van der Waals surface area contributed by atoms with Gasteiger partial charge in [0.15, 0.2) is 0 Å². The lowest BCUT2D eigenvalue weighted by atomic mass is 9.84. The minimum Gasteiger partial charge on any atom is -0.452 e. The number of benzene rings is 3. The number of ether oxygens (including phenoxy) is 1. The number of likely N-dealkylation sites (N-methyl/N-ethyl adjacent to an activating group) is 1. The molecule has 0 unspecified atom stereocenters. The summed E-state index contributed by atoms with van der Waals surface area (Å²) in [5.41, 5.74) is 9.00. The van der Waals surface area contributed by atoms with Crippen molar-refractivity contribution < 1.29 is 33.0 Å². The number of carbonyl (C=O) groups is 2. The van der Waals surface area contributed by atoms with E-state index in [1.165, 1.54) is 43.3 Å². The molecule has 242 valence electrons. The van der Waals surface area contributed by atoms with Crippen molar-refractivity contribution in [1.82, 2.24) is 9.21 Å². The van der Waals surface area contributed by atoms with Gasteiger partial charge in [0, 0.05) is 25.0 Å². The molecular formula is C34H43N3O7S. The van der Waals surface area contributed by atoms with Crippen LogP contribution < -0.4 is 5.73 Å². The number of carbonyl (C=O) groups excluding carboxylic acids is 2. The van der Waals surface area contributed by atoms with Crippen LogP contribution in [-0.4, -0.2) is 78.7 Å². The standard InChI is InChI=1S/C34H43N3O7S/c1-36(45(42,43)29-20-16-24(22-38)17-21-29)28(23-39)14-9-15-30(25-18-19-25)37(34(41)44-2)33(40)32(35)31(26-10-5-3-6-11-26)27-12-7-4-8-13-27/h3-8,10-13,16-17,20-21,25,28,30-32,38-39H,9,14-15,18-19,22-23,35H2,1-2H3/t28-,30+,32-/m0/s1. The van der Waals surface area contributed by atoms with Gasteiger partial charge in [-0.1, -0.05) is 72.8 Å². The number of aliphatic hydroxyl groups excluding tert-OH is 2. The van der Waals surface area contributed by atoms with Gasteiger partial charge in [0.2, 0.25) is 15.9 Å². The van der Waals surface area contributed by atoms with Gasteiger partial charge in [-0.3, -0.25) is 4.79 Å². The molecule has 0 aromatic heterocycles. The van der Waals surface area contributed by atoms with E-state index in [4.69, 9.17) is 10.5 Å². The van der Waals surface area contributed by atoms with Crippen LogP contribution in [-0.2, 0) is 26.2 Å². The Morgan fingerprint density at radius 2 is 1.47 bits per heavy atom. The first-order chi connectivity index (χ1) is 21.6. The van der Waals surface area contributed by atoms with Gasteiger partial charge in [0.05, 0.1) is 31.3 Å². The molecule has 3 atom stereocenters. The van der Waals surface area contributed by atoms with E-state index in [1.54, 1.807) is 0 Å². The number of nitrogens with zero attached hydrogens (tertiary/aromatic N) is 2. The molecule has 0 saturated heterocycles. The normalized spacial score (nSPS) is 15.4. The molecule has 0 bridgehead atoms. The summed E-state index contributed by atoms with van der Waals surface area (Å²) in [5, 5.41) is 19.4. The second-order valence-electron chi connectivity index (χ2n) is 11.5. The highest BCUT2D eigenvalue weighted by molar-refractivity contribution is 7.89. The van der Waals surface area contributed by atoms with E-state index in [2.05, 4.69) is 0 Å². The zero-order chi connectivity index (χ0) is 32.6. The SMILES string of the molecule is COC(=O)N(C(=O)[C@@H](N)C(c1ccccc1)c1ccccc1)[C@H](CCC[C@@H](CO)N(C)S(=O)(=O)c1ccc(CO)cc1)C1CC1. The first-order valence-corrected chi connectivity index (χ1v) is 16.6. The number of sulfonamides is 1. The molecule has 45 heavy (non-hydrogen) atoms. The fourth-order valence-electron chi connectivity index (χ4n) is 5.85. The molecule has 0 heterocycles. The Morgan fingerprint density at radius 1 is 0.911 bits per heavy atom. The number of imide groups is 1. The van der Waals surface area contributed by atoms with Gasteiger partial charge in [-0.15, -0.1) is 0 Å². The van der Waals surface area contributed by atoms with Crippen LogP contribution in [0.3, 0.4) is 0 Å².